The fourth-order valence-electron chi connectivity index (χ4n) is 3.51. The Bertz CT molecular complexity index is 1030. The van der Waals surface area contributed by atoms with E-state index >= 15 is 0 Å². The third-order valence-corrected chi connectivity index (χ3v) is 5.00. The minimum absolute atomic E-state index is 0.116. The van der Waals surface area contributed by atoms with Crippen LogP contribution in [0.1, 0.15) is 61.5 Å². The number of aryl methyl sites for hydroxylation is 1. The third kappa shape index (κ3) is 4.67. The normalized spacial score (nSPS) is 12.7. The first-order valence-corrected chi connectivity index (χ1v) is 10.2. The smallest absolute Gasteiger partial charge is 0.255 e. The molecule has 1 amide bonds. The molecular formula is C23H29FN4O2. The summed E-state index contributed by atoms with van der Waals surface area (Å²) in [6.07, 6.45) is 0.813. The van der Waals surface area contributed by atoms with Gasteiger partial charge in [-0.15, -0.1) is 0 Å². The number of amides is 1. The van der Waals surface area contributed by atoms with E-state index in [4.69, 9.17) is 0 Å². The number of benzene rings is 1. The van der Waals surface area contributed by atoms with Crippen molar-refractivity contribution in [1.82, 2.24) is 19.7 Å². The molecule has 0 radical (unpaired) electrons. The van der Waals surface area contributed by atoms with Gasteiger partial charge in [-0.05, 0) is 50.5 Å². The van der Waals surface area contributed by atoms with Gasteiger partial charge in [0.25, 0.3) is 5.91 Å². The molecule has 1 atom stereocenters. The maximum Gasteiger partial charge on any atom is 0.255 e. The van der Waals surface area contributed by atoms with Gasteiger partial charge < -0.3 is 10.0 Å². The predicted octanol–water partition coefficient (Wildman–Crippen LogP) is 4.29. The van der Waals surface area contributed by atoms with E-state index in [9.17, 15) is 14.3 Å². The zero-order valence-corrected chi connectivity index (χ0v) is 18.1. The molecule has 0 aliphatic heterocycles. The van der Waals surface area contributed by atoms with E-state index in [-0.39, 0.29) is 30.2 Å². The highest BCUT2D eigenvalue weighted by Crippen LogP contribution is 2.22. The largest absolute Gasteiger partial charge is 0.387 e. The van der Waals surface area contributed by atoms with Crippen LogP contribution in [0.25, 0.3) is 11.0 Å². The quantitative estimate of drug-likeness (QED) is 0.628. The number of aromatic nitrogens is 3. The first-order chi connectivity index (χ1) is 14.2. The molecule has 3 rings (SSSR count). The van der Waals surface area contributed by atoms with Gasteiger partial charge in [-0.25, -0.2) is 14.1 Å². The first kappa shape index (κ1) is 21.9. The molecule has 6 nitrogen and oxygen atoms in total. The molecule has 3 aromatic rings. The number of nitrogens with zero attached hydrogens (tertiary/aromatic N) is 4. The second-order valence-electron chi connectivity index (χ2n) is 8.39. The Kier molecular flexibility index (Phi) is 6.51. The summed E-state index contributed by atoms with van der Waals surface area (Å²) in [5.41, 5.74) is 2.44. The van der Waals surface area contributed by atoms with Crippen molar-refractivity contribution in [3.05, 3.63) is 59.2 Å². The molecule has 0 saturated heterocycles. The number of fused-ring (bicyclic) bond motifs is 1. The third-order valence-electron chi connectivity index (χ3n) is 5.00. The Balaban J connectivity index is 1.91. The number of carbonyl (C=O) groups is 1. The number of aliphatic hydroxyl groups excluding tert-OH is 1. The van der Waals surface area contributed by atoms with Crippen LogP contribution in [-0.2, 0) is 0 Å². The minimum atomic E-state index is -0.908. The van der Waals surface area contributed by atoms with E-state index in [0.717, 1.165) is 11.0 Å². The molecule has 1 aromatic carbocycles. The summed E-state index contributed by atoms with van der Waals surface area (Å²) >= 11 is 0. The van der Waals surface area contributed by atoms with Crippen molar-refractivity contribution in [2.75, 3.05) is 13.1 Å². The lowest BCUT2D eigenvalue weighted by Gasteiger charge is -2.27. The molecule has 1 N–H and O–H groups in total. The number of carbonyl (C=O) groups excluding carboxylic acids is 1. The molecule has 0 aliphatic carbocycles. The van der Waals surface area contributed by atoms with Gasteiger partial charge in [-0.3, -0.25) is 4.79 Å². The molecule has 0 aliphatic rings. The van der Waals surface area contributed by atoms with E-state index in [1.54, 1.807) is 11.1 Å². The van der Waals surface area contributed by atoms with Gasteiger partial charge in [-0.1, -0.05) is 26.0 Å². The molecule has 0 unspecified atom stereocenters. The summed E-state index contributed by atoms with van der Waals surface area (Å²) in [6.45, 7) is 10.5. The van der Waals surface area contributed by atoms with Crippen molar-refractivity contribution < 1.29 is 14.3 Å². The number of hydrogen-bond acceptors (Lipinski definition) is 4. The fraction of sp³-hybridized carbons (Fsp3) is 0.435. The zero-order chi connectivity index (χ0) is 22.0. The van der Waals surface area contributed by atoms with Crippen LogP contribution in [-0.4, -0.2) is 43.8 Å². The minimum Gasteiger partial charge on any atom is -0.387 e. The van der Waals surface area contributed by atoms with E-state index in [0.29, 0.717) is 23.4 Å². The lowest BCUT2D eigenvalue weighted by atomic mass is 10.1. The van der Waals surface area contributed by atoms with Crippen LogP contribution in [0.2, 0.25) is 0 Å². The summed E-state index contributed by atoms with van der Waals surface area (Å²) in [5.74, 6) is -0.331. The lowest BCUT2D eigenvalue weighted by Crippen LogP contribution is -2.38. The maximum absolute atomic E-state index is 13.4. The number of halogens is 1. The van der Waals surface area contributed by atoms with Gasteiger partial charge in [0, 0.05) is 18.0 Å². The van der Waals surface area contributed by atoms with Crippen LogP contribution < -0.4 is 0 Å². The molecular weight excluding hydrogens is 383 g/mol. The van der Waals surface area contributed by atoms with Crippen LogP contribution in [0.3, 0.4) is 0 Å². The monoisotopic (exact) mass is 412 g/mol. The fourth-order valence-corrected chi connectivity index (χ4v) is 3.51. The van der Waals surface area contributed by atoms with Gasteiger partial charge in [-0.2, -0.15) is 5.10 Å². The molecule has 0 spiro atoms. The Labute approximate surface area is 176 Å². The van der Waals surface area contributed by atoms with Gasteiger partial charge >= 0.3 is 0 Å². The summed E-state index contributed by atoms with van der Waals surface area (Å²) in [7, 11) is 0. The Morgan fingerprint density at radius 2 is 1.83 bits per heavy atom. The van der Waals surface area contributed by atoms with Gasteiger partial charge in [0.1, 0.15) is 5.82 Å². The molecule has 160 valence electrons. The topological polar surface area (TPSA) is 71.2 Å². The standard InChI is InChI=1S/C23H29FN4O2/c1-14(2)12-27(13-21(29)17-6-8-19(24)9-7-17)23(30)20-10-18-11-25-28(15(3)4)22(18)26-16(20)5/h6-11,14-15,21,29H,12-13H2,1-5H3/t21-/m0/s1. The van der Waals surface area contributed by atoms with Crippen molar-refractivity contribution in [3.8, 4) is 0 Å². The summed E-state index contributed by atoms with van der Waals surface area (Å²) in [4.78, 5) is 19.7. The van der Waals surface area contributed by atoms with Gasteiger partial charge in [0.15, 0.2) is 5.65 Å². The zero-order valence-electron chi connectivity index (χ0n) is 18.1. The highest BCUT2D eigenvalue weighted by Gasteiger charge is 2.24. The average molecular weight is 413 g/mol. The van der Waals surface area contributed by atoms with Crippen LogP contribution >= 0.6 is 0 Å². The Morgan fingerprint density at radius 1 is 1.17 bits per heavy atom. The van der Waals surface area contributed by atoms with Crippen molar-refractivity contribution in [2.45, 2.75) is 46.8 Å². The number of pyridine rings is 1. The van der Waals surface area contributed by atoms with Gasteiger partial charge in [0.2, 0.25) is 0 Å². The van der Waals surface area contributed by atoms with Crippen molar-refractivity contribution in [3.63, 3.8) is 0 Å². The van der Waals surface area contributed by atoms with Crippen LogP contribution in [0.5, 0.6) is 0 Å². The molecule has 0 bridgehead atoms. The molecule has 2 aromatic heterocycles. The van der Waals surface area contributed by atoms with Crippen LogP contribution in [0.15, 0.2) is 36.5 Å². The Morgan fingerprint density at radius 3 is 2.43 bits per heavy atom. The molecule has 2 heterocycles. The SMILES string of the molecule is Cc1nc2c(cnn2C(C)C)cc1C(=O)N(CC(C)C)C[C@H](O)c1ccc(F)cc1. The summed E-state index contributed by atoms with van der Waals surface area (Å²) in [5, 5.41) is 15.8. The van der Waals surface area contributed by atoms with Crippen molar-refractivity contribution in [2.24, 2.45) is 5.92 Å². The van der Waals surface area contributed by atoms with Gasteiger partial charge in [0.05, 0.1) is 30.1 Å². The van der Waals surface area contributed by atoms with Crippen LogP contribution in [0, 0.1) is 18.7 Å². The highest BCUT2D eigenvalue weighted by atomic mass is 19.1. The van der Waals surface area contributed by atoms with Crippen molar-refractivity contribution >= 4 is 16.9 Å². The van der Waals surface area contributed by atoms with E-state index in [1.165, 1.54) is 24.3 Å². The highest BCUT2D eigenvalue weighted by molar-refractivity contribution is 5.98. The summed E-state index contributed by atoms with van der Waals surface area (Å²) < 4.78 is 15.0. The molecule has 7 heteroatoms. The lowest BCUT2D eigenvalue weighted by molar-refractivity contribution is 0.0593. The number of hydrogen-bond donors (Lipinski definition) is 1. The number of aliphatic hydroxyl groups is 1. The number of rotatable bonds is 7. The first-order valence-electron chi connectivity index (χ1n) is 10.2. The van der Waals surface area contributed by atoms with E-state index in [2.05, 4.69) is 10.1 Å². The maximum atomic E-state index is 13.4. The van der Waals surface area contributed by atoms with Crippen LogP contribution in [0.4, 0.5) is 4.39 Å². The molecule has 0 fully saturated rings. The summed E-state index contributed by atoms with van der Waals surface area (Å²) in [6, 6.07) is 7.68. The molecule has 30 heavy (non-hydrogen) atoms. The predicted molar refractivity (Wildman–Crippen MR) is 115 cm³/mol. The second kappa shape index (κ2) is 8.92. The second-order valence-corrected chi connectivity index (χ2v) is 8.39. The Hall–Kier alpha value is -2.80. The average Bonchev–Trinajstić information content (AvgIpc) is 3.09. The van der Waals surface area contributed by atoms with E-state index in [1.807, 2.05) is 45.4 Å². The van der Waals surface area contributed by atoms with E-state index < -0.39 is 6.10 Å². The molecule has 0 saturated carbocycles. The van der Waals surface area contributed by atoms with Crippen molar-refractivity contribution in [1.29, 1.82) is 0 Å².